The second-order valence-corrected chi connectivity index (χ2v) is 8.15. The Hall–Kier alpha value is -2.38. The zero-order valence-electron chi connectivity index (χ0n) is 14.4. The van der Waals surface area contributed by atoms with E-state index >= 15 is 0 Å². The Morgan fingerprint density at radius 2 is 1.69 bits per heavy atom. The van der Waals surface area contributed by atoms with Crippen LogP contribution in [0.3, 0.4) is 0 Å². The average Bonchev–Trinajstić information content (AvgIpc) is 3.15. The Morgan fingerprint density at radius 3 is 2.35 bits per heavy atom. The van der Waals surface area contributed by atoms with E-state index in [9.17, 15) is 13.2 Å². The van der Waals surface area contributed by atoms with Gasteiger partial charge in [-0.15, -0.1) is 0 Å². The monoisotopic (exact) mass is 374 g/mol. The maximum atomic E-state index is 12.8. The molecule has 1 heterocycles. The van der Waals surface area contributed by atoms with Crippen LogP contribution >= 0.6 is 0 Å². The van der Waals surface area contributed by atoms with E-state index in [4.69, 9.17) is 10.5 Å². The largest absolute Gasteiger partial charge is 0.492 e. The summed E-state index contributed by atoms with van der Waals surface area (Å²) in [6.07, 6.45) is 2.47. The predicted octanol–water partition coefficient (Wildman–Crippen LogP) is 2.09. The van der Waals surface area contributed by atoms with Crippen molar-refractivity contribution in [2.24, 2.45) is 5.73 Å². The molecule has 0 aromatic heterocycles. The van der Waals surface area contributed by atoms with Gasteiger partial charge in [0, 0.05) is 6.54 Å². The molecular formula is C19H22N2O4S. The van der Waals surface area contributed by atoms with Crippen LogP contribution in [0.4, 0.5) is 0 Å². The summed E-state index contributed by atoms with van der Waals surface area (Å²) in [5, 5.41) is 0. The molecule has 2 aromatic rings. The Kier molecular flexibility index (Phi) is 5.58. The van der Waals surface area contributed by atoms with Gasteiger partial charge in [0.05, 0.1) is 15.4 Å². The van der Waals surface area contributed by atoms with Gasteiger partial charge in [0.15, 0.2) is 0 Å². The minimum atomic E-state index is -3.83. The molecule has 1 amide bonds. The number of sulfone groups is 1. The summed E-state index contributed by atoms with van der Waals surface area (Å²) in [6.45, 7) is 3.66. The van der Waals surface area contributed by atoms with Crippen LogP contribution in [0.2, 0.25) is 0 Å². The fraction of sp³-hybridized carbons (Fsp3) is 0.316. The summed E-state index contributed by atoms with van der Waals surface area (Å²) in [7, 11) is -3.83. The number of benzene rings is 2. The van der Waals surface area contributed by atoms with Crippen LogP contribution in [0.5, 0.6) is 5.75 Å². The molecule has 0 radical (unpaired) electrons. The lowest BCUT2D eigenvalue weighted by Gasteiger charge is -2.15. The summed E-state index contributed by atoms with van der Waals surface area (Å²) in [4.78, 5) is 13.9. The van der Waals surface area contributed by atoms with Gasteiger partial charge in [0.25, 0.3) is 0 Å². The van der Waals surface area contributed by atoms with Gasteiger partial charge in [-0.1, -0.05) is 12.1 Å². The smallest absolute Gasteiger partial charge is 0.250 e. The number of hydrogen-bond donors (Lipinski definition) is 1. The number of carbonyl (C=O) groups is 1. The third kappa shape index (κ3) is 4.05. The van der Waals surface area contributed by atoms with E-state index in [0.29, 0.717) is 12.4 Å². The van der Waals surface area contributed by atoms with Crippen molar-refractivity contribution < 1.29 is 17.9 Å². The molecule has 0 atom stereocenters. The lowest BCUT2D eigenvalue weighted by molar-refractivity contribution is 0.0997. The van der Waals surface area contributed by atoms with E-state index in [1.54, 1.807) is 24.3 Å². The lowest BCUT2D eigenvalue weighted by atomic mass is 10.2. The summed E-state index contributed by atoms with van der Waals surface area (Å²) in [5.41, 5.74) is 5.28. The third-order valence-electron chi connectivity index (χ3n) is 4.45. The molecule has 0 spiro atoms. The predicted molar refractivity (Wildman–Crippen MR) is 98.0 cm³/mol. The zero-order chi connectivity index (χ0) is 18.6. The summed E-state index contributed by atoms with van der Waals surface area (Å²) >= 11 is 0. The molecule has 26 heavy (non-hydrogen) atoms. The molecule has 2 aromatic carbocycles. The normalized spacial score (nSPS) is 15.1. The SMILES string of the molecule is NC(=O)c1ccccc1S(=O)(=O)c1ccc(OCCN2CCCC2)cc1. The molecule has 1 aliphatic rings. The van der Waals surface area contributed by atoms with Crippen molar-refractivity contribution in [2.75, 3.05) is 26.2 Å². The minimum Gasteiger partial charge on any atom is -0.492 e. The Labute approximate surface area is 153 Å². The number of likely N-dealkylation sites (tertiary alicyclic amines) is 1. The molecular weight excluding hydrogens is 352 g/mol. The highest BCUT2D eigenvalue weighted by molar-refractivity contribution is 7.91. The lowest BCUT2D eigenvalue weighted by Crippen LogP contribution is -2.25. The number of rotatable bonds is 7. The second kappa shape index (κ2) is 7.88. The van der Waals surface area contributed by atoms with Gasteiger partial charge in [-0.25, -0.2) is 8.42 Å². The van der Waals surface area contributed by atoms with Gasteiger partial charge >= 0.3 is 0 Å². The van der Waals surface area contributed by atoms with Gasteiger partial charge < -0.3 is 10.5 Å². The average molecular weight is 374 g/mol. The van der Waals surface area contributed by atoms with E-state index in [0.717, 1.165) is 19.6 Å². The van der Waals surface area contributed by atoms with E-state index in [1.807, 2.05) is 0 Å². The topological polar surface area (TPSA) is 89.7 Å². The van der Waals surface area contributed by atoms with Crippen LogP contribution in [0.15, 0.2) is 58.3 Å². The zero-order valence-corrected chi connectivity index (χ0v) is 15.2. The molecule has 1 aliphatic heterocycles. The summed E-state index contributed by atoms with van der Waals surface area (Å²) in [5.74, 6) is -0.155. The quantitative estimate of drug-likeness (QED) is 0.801. The maximum Gasteiger partial charge on any atom is 0.250 e. The van der Waals surface area contributed by atoms with Crippen molar-refractivity contribution in [3.8, 4) is 5.75 Å². The van der Waals surface area contributed by atoms with Crippen LogP contribution in [0, 0.1) is 0 Å². The highest BCUT2D eigenvalue weighted by Gasteiger charge is 2.23. The number of nitrogens with zero attached hydrogens (tertiary/aromatic N) is 1. The molecule has 0 aliphatic carbocycles. The second-order valence-electron chi connectivity index (χ2n) is 6.23. The number of primary amides is 1. The number of carbonyl (C=O) groups excluding carboxylic acids is 1. The van der Waals surface area contributed by atoms with Gasteiger partial charge in [-0.3, -0.25) is 9.69 Å². The number of nitrogens with two attached hydrogens (primary N) is 1. The van der Waals surface area contributed by atoms with Crippen molar-refractivity contribution in [1.82, 2.24) is 4.90 Å². The standard InChI is InChI=1S/C19H22N2O4S/c20-19(22)17-5-1-2-6-18(17)26(23,24)16-9-7-15(8-10-16)25-14-13-21-11-3-4-12-21/h1-2,5-10H,3-4,11-14H2,(H2,20,22). The fourth-order valence-electron chi connectivity index (χ4n) is 3.05. The van der Waals surface area contributed by atoms with E-state index < -0.39 is 15.7 Å². The molecule has 2 N–H and O–H groups in total. The van der Waals surface area contributed by atoms with Crippen LogP contribution in [0.25, 0.3) is 0 Å². The van der Waals surface area contributed by atoms with Crippen LogP contribution < -0.4 is 10.5 Å². The Morgan fingerprint density at radius 1 is 1.04 bits per heavy atom. The molecule has 7 heteroatoms. The highest BCUT2D eigenvalue weighted by atomic mass is 32.2. The Bertz CT molecular complexity index is 873. The van der Waals surface area contributed by atoms with Gasteiger partial charge in [-0.05, 0) is 62.3 Å². The van der Waals surface area contributed by atoms with Gasteiger partial charge in [-0.2, -0.15) is 0 Å². The number of amides is 1. The molecule has 0 saturated carbocycles. The maximum absolute atomic E-state index is 12.8. The molecule has 1 fully saturated rings. The minimum absolute atomic E-state index is 0.0153. The van der Waals surface area contributed by atoms with E-state index in [-0.39, 0.29) is 15.4 Å². The highest BCUT2D eigenvalue weighted by Crippen LogP contribution is 2.25. The van der Waals surface area contributed by atoms with Crippen molar-refractivity contribution in [1.29, 1.82) is 0 Å². The van der Waals surface area contributed by atoms with Crippen molar-refractivity contribution in [2.45, 2.75) is 22.6 Å². The van der Waals surface area contributed by atoms with Crippen molar-refractivity contribution in [3.63, 3.8) is 0 Å². The van der Waals surface area contributed by atoms with Gasteiger partial charge in [0.1, 0.15) is 12.4 Å². The Balaban J connectivity index is 1.72. The van der Waals surface area contributed by atoms with E-state index in [1.165, 1.54) is 37.1 Å². The van der Waals surface area contributed by atoms with Crippen LogP contribution in [-0.4, -0.2) is 45.5 Å². The van der Waals surface area contributed by atoms with Crippen molar-refractivity contribution >= 4 is 15.7 Å². The van der Waals surface area contributed by atoms with Crippen LogP contribution in [-0.2, 0) is 9.84 Å². The molecule has 1 saturated heterocycles. The first-order valence-corrected chi connectivity index (χ1v) is 10.1. The van der Waals surface area contributed by atoms with E-state index in [2.05, 4.69) is 4.90 Å². The van der Waals surface area contributed by atoms with Crippen LogP contribution in [0.1, 0.15) is 23.2 Å². The summed E-state index contributed by atoms with van der Waals surface area (Å²) in [6, 6.07) is 12.2. The molecule has 6 nitrogen and oxygen atoms in total. The molecule has 3 rings (SSSR count). The van der Waals surface area contributed by atoms with Gasteiger partial charge in [0.2, 0.25) is 15.7 Å². The molecule has 0 unspecified atom stereocenters. The first-order valence-electron chi connectivity index (χ1n) is 8.57. The molecule has 0 bridgehead atoms. The first kappa shape index (κ1) is 18.4. The third-order valence-corrected chi connectivity index (χ3v) is 6.28. The number of hydrogen-bond acceptors (Lipinski definition) is 5. The number of ether oxygens (including phenoxy) is 1. The first-order chi connectivity index (χ1) is 12.5. The summed E-state index contributed by atoms with van der Waals surface area (Å²) < 4.78 is 31.3. The fourth-order valence-corrected chi connectivity index (χ4v) is 4.51. The molecule has 138 valence electrons. The van der Waals surface area contributed by atoms with Crippen molar-refractivity contribution in [3.05, 3.63) is 54.1 Å².